The van der Waals surface area contributed by atoms with E-state index in [0.29, 0.717) is 52.6 Å². The van der Waals surface area contributed by atoms with Gasteiger partial charge in [0.2, 0.25) is 0 Å². The first-order valence-corrected chi connectivity index (χ1v) is 13.7. The first-order valence-electron chi connectivity index (χ1n) is 13.3. The van der Waals surface area contributed by atoms with Gasteiger partial charge in [-0.25, -0.2) is 0 Å². The Hall–Kier alpha value is -4.13. The van der Waals surface area contributed by atoms with Crippen molar-refractivity contribution in [2.75, 3.05) is 18.5 Å². The number of fused-ring (bicyclic) bond motifs is 4. The third-order valence-corrected chi connectivity index (χ3v) is 8.60. The average molecular weight is 559 g/mol. The third kappa shape index (κ3) is 3.82. The molecule has 1 spiro atoms. The Balaban J connectivity index is 1.44. The molecule has 0 unspecified atom stereocenters. The maximum absolute atomic E-state index is 13.7. The second-order valence-corrected chi connectivity index (χ2v) is 10.7. The van der Waals surface area contributed by atoms with Gasteiger partial charge in [-0.05, 0) is 49.6 Å². The van der Waals surface area contributed by atoms with Gasteiger partial charge in [-0.1, -0.05) is 48.0 Å². The van der Waals surface area contributed by atoms with Crippen LogP contribution in [0.5, 0.6) is 11.5 Å². The topological polar surface area (TPSA) is 118 Å². The monoisotopic (exact) mass is 558 g/mol. The number of para-hydroxylation sites is 1. The lowest BCUT2D eigenvalue weighted by Crippen LogP contribution is -2.55. The maximum Gasteiger partial charge on any atom is 0.256 e. The highest BCUT2D eigenvalue weighted by Crippen LogP contribution is 2.58. The molecule has 0 radical (unpaired) electrons. The van der Waals surface area contributed by atoms with E-state index in [1.54, 1.807) is 36.4 Å². The van der Waals surface area contributed by atoms with E-state index in [4.69, 9.17) is 21.1 Å². The predicted molar refractivity (Wildman–Crippen MR) is 148 cm³/mol. The minimum absolute atomic E-state index is 0.0975. The van der Waals surface area contributed by atoms with Gasteiger partial charge in [-0.2, -0.15) is 5.26 Å². The van der Waals surface area contributed by atoms with E-state index in [1.807, 2.05) is 36.1 Å². The van der Waals surface area contributed by atoms with E-state index < -0.39 is 17.5 Å². The van der Waals surface area contributed by atoms with Crippen molar-refractivity contribution in [1.82, 2.24) is 4.90 Å². The Bertz CT molecular complexity index is 1560. The van der Waals surface area contributed by atoms with Gasteiger partial charge < -0.3 is 14.8 Å². The Morgan fingerprint density at radius 1 is 1.20 bits per heavy atom. The standard InChI is InChI=1S/C30H27ClN4O5/c1-2-39-25-15-20(14-22(31)27(25)40-17-19-9-4-3-8-18(19)16-32)26-24-12-7-13-34(24)30(28(26)35(37)38)21-10-5-6-11-23(21)33-29(30)36/h3-6,8-11,14-15,24,26,28H,2,7,12-13,17H2,1H3,(H,33,36)/t24-,26+,28-,30+/m0/s1. The SMILES string of the molecule is CCOc1cc([C@H]2[C@H]([N+](=O)[O-])[C@]3(C(=O)Nc4ccccc43)N3CCC[C@@H]23)cc(Cl)c1OCc1ccccc1C#N. The highest BCUT2D eigenvalue weighted by Gasteiger charge is 2.73. The summed E-state index contributed by atoms with van der Waals surface area (Å²) in [6.07, 6.45) is 1.55. The first kappa shape index (κ1) is 26.1. The number of rotatable bonds is 7. The summed E-state index contributed by atoms with van der Waals surface area (Å²) in [7, 11) is 0. The van der Waals surface area contributed by atoms with Crippen LogP contribution in [-0.4, -0.2) is 41.0 Å². The van der Waals surface area contributed by atoms with Crippen molar-refractivity contribution in [2.45, 2.75) is 49.9 Å². The summed E-state index contributed by atoms with van der Waals surface area (Å²) >= 11 is 6.79. The number of hydrogen-bond acceptors (Lipinski definition) is 7. The summed E-state index contributed by atoms with van der Waals surface area (Å²) in [6.45, 7) is 2.83. The molecule has 4 atom stereocenters. The molecule has 40 heavy (non-hydrogen) atoms. The van der Waals surface area contributed by atoms with E-state index in [0.717, 1.165) is 12.8 Å². The van der Waals surface area contributed by atoms with Crippen molar-refractivity contribution in [1.29, 1.82) is 5.26 Å². The zero-order chi connectivity index (χ0) is 28.0. The largest absolute Gasteiger partial charge is 0.490 e. The van der Waals surface area contributed by atoms with Crippen LogP contribution >= 0.6 is 11.6 Å². The van der Waals surface area contributed by atoms with Crippen LogP contribution in [0.15, 0.2) is 60.7 Å². The van der Waals surface area contributed by atoms with Gasteiger partial charge in [0, 0.05) is 34.3 Å². The quantitative estimate of drug-likeness (QED) is 0.311. The number of nitriles is 1. The minimum Gasteiger partial charge on any atom is -0.490 e. The lowest BCUT2D eigenvalue weighted by atomic mass is 9.77. The molecule has 2 saturated heterocycles. The van der Waals surface area contributed by atoms with Crippen molar-refractivity contribution in [3.05, 3.63) is 98.1 Å². The second kappa shape index (κ2) is 10.1. The van der Waals surface area contributed by atoms with Gasteiger partial charge in [0.05, 0.1) is 29.2 Å². The third-order valence-electron chi connectivity index (χ3n) is 8.32. The fourth-order valence-corrected chi connectivity index (χ4v) is 7.14. The van der Waals surface area contributed by atoms with Crippen LogP contribution in [0.3, 0.4) is 0 Å². The molecule has 1 N–H and O–H groups in total. The van der Waals surface area contributed by atoms with Gasteiger partial charge in [-0.15, -0.1) is 0 Å². The summed E-state index contributed by atoms with van der Waals surface area (Å²) in [5.41, 5.74) is 1.66. The highest BCUT2D eigenvalue weighted by molar-refractivity contribution is 6.32. The molecule has 3 aliphatic heterocycles. The molecule has 1 amide bonds. The number of anilines is 1. The van der Waals surface area contributed by atoms with E-state index in [1.165, 1.54) is 0 Å². The summed E-state index contributed by atoms with van der Waals surface area (Å²) in [6, 6.07) is 18.5. The minimum atomic E-state index is -1.42. The lowest BCUT2D eigenvalue weighted by Gasteiger charge is -2.32. The molecule has 204 valence electrons. The van der Waals surface area contributed by atoms with Crippen molar-refractivity contribution >= 4 is 23.2 Å². The van der Waals surface area contributed by atoms with E-state index >= 15 is 0 Å². The number of nitro groups is 1. The zero-order valence-electron chi connectivity index (χ0n) is 21.8. The van der Waals surface area contributed by atoms with Crippen LogP contribution < -0.4 is 14.8 Å². The van der Waals surface area contributed by atoms with E-state index in [2.05, 4.69) is 11.4 Å². The molecule has 9 nitrogen and oxygen atoms in total. The van der Waals surface area contributed by atoms with Crippen LogP contribution in [-0.2, 0) is 16.9 Å². The molecular formula is C30H27ClN4O5. The van der Waals surface area contributed by atoms with Gasteiger partial charge in [-0.3, -0.25) is 19.8 Å². The number of hydrogen-bond donors (Lipinski definition) is 1. The molecule has 3 heterocycles. The van der Waals surface area contributed by atoms with E-state index in [-0.39, 0.29) is 28.5 Å². The van der Waals surface area contributed by atoms with Crippen LogP contribution in [0, 0.1) is 21.4 Å². The van der Waals surface area contributed by atoms with Gasteiger partial charge >= 0.3 is 0 Å². The highest BCUT2D eigenvalue weighted by atomic mass is 35.5. The van der Waals surface area contributed by atoms with Gasteiger partial charge in [0.25, 0.3) is 11.9 Å². The number of carbonyl (C=O) groups excluding carboxylic acids is 1. The smallest absolute Gasteiger partial charge is 0.256 e. The van der Waals surface area contributed by atoms with Crippen molar-refractivity contribution in [2.24, 2.45) is 0 Å². The van der Waals surface area contributed by atoms with Gasteiger partial charge in [0.15, 0.2) is 17.0 Å². The van der Waals surface area contributed by atoms with E-state index in [9.17, 15) is 20.2 Å². The van der Waals surface area contributed by atoms with Crippen molar-refractivity contribution in [3.63, 3.8) is 0 Å². The number of carbonyl (C=O) groups is 1. The summed E-state index contributed by atoms with van der Waals surface area (Å²) < 4.78 is 12.0. The average Bonchev–Trinajstić information content (AvgIpc) is 3.61. The fraction of sp³-hybridized carbons (Fsp3) is 0.333. The Kier molecular flexibility index (Phi) is 6.61. The number of halogens is 1. The van der Waals surface area contributed by atoms with Crippen LogP contribution in [0.25, 0.3) is 0 Å². The maximum atomic E-state index is 13.7. The number of nitrogens with one attached hydrogen (secondary N) is 1. The van der Waals surface area contributed by atoms with Crippen LogP contribution in [0.2, 0.25) is 5.02 Å². The van der Waals surface area contributed by atoms with Crippen molar-refractivity contribution < 1.29 is 19.2 Å². The molecule has 0 bridgehead atoms. The normalized spacial score (nSPS) is 24.8. The molecule has 6 rings (SSSR count). The number of ether oxygens (including phenoxy) is 2. The summed E-state index contributed by atoms with van der Waals surface area (Å²) in [4.78, 5) is 28.3. The molecular weight excluding hydrogens is 532 g/mol. The summed E-state index contributed by atoms with van der Waals surface area (Å²) in [5.74, 6) is -0.308. The number of amides is 1. The Morgan fingerprint density at radius 2 is 1.98 bits per heavy atom. The lowest BCUT2D eigenvalue weighted by molar-refractivity contribution is -0.534. The molecule has 0 saturated carbocycles. The molecule has 3 aromatic rings. The number of benzene rings is 3. The fourth-order valence-electron chi connectivity index (χ4n) is 6.86. The molecule has 0 aliphatic carbocycles. The zero-order valence-corrected chi connectivity index (χ0v) is 22.6. The molecule has 2 fully saturated rings. The summed E-state index contributed by atoms with van der Waals surface area (Å²) in [5, 5.41) is 25.5. The first-order chi connectivity index (χ1) is 19.4. The van der Waals surface area contributed by atoms with Crippen LogP contribution in [0.4, 0.5) is 5.69 Å². The molecule has 3 aliphatic rings. The predicted octanol–water partition coefficient (Wildman–Crippen LogP) is 5.24. The van der Waals surface area contributed by atoms with Crippen LogP contribution in [0.1, 0.15) is 47.9 Å². The Labute approximate surface area is 236 Å². The molecule has 3 aromatic carbocycles. The second-order valence-electron chi connectivity index (χ2n) is 10.2. The number of nitrogens with zero attached hydrogens (tertiary/aromatic N) is 3. The van der Waals surface area contributed by atoms with Crippen molar-refractivity contribution in [3.8, 4) is 17.6 Å². The Morgan fingerprint density at radius 3 is 2.75 bits per heavy atom. The molecule has 10 heteroatoms. The molecule has 0 aromatic heterocycles. The van der Waals surface area contributed by atoms with Gasteiger partial charge in [0.1, 0.15) is 6.61 Å².